The summed E-state index contributed by atoms with van der Waals surface area (Å²) in [5.41, 5.74) is 0. The van der Waals surface area contributed by atoms with Gasteiger partial charge in [0.1, 0.15) is 0 Å². The van der Waals surface area contributed by atoms with Crippen molar-refractivity contribution in [3.63, 3.8) is 0 Å². The quantitative estimate of drug-likeness (QED) is 0.906. The van der Waals surface area contributed by atoms with E-state index in [0.29, 0.717) is 29.4 Å². The highest BCUT2D eigenvalue weighted by molar-refractivity contribution is 7.18. The predicted molar refractivity (Wildman–Crippen MR) is 77.5 cm³/mol. The Morgan fingerprint density at radius 2 is 2.24 bits per heavy atom. The Morgan fingerprint density at radius 3 is 2.90 bits per heavy atom. The van der Waals surface area contributed by atoms with Crippen LogP contribution in [0.15, 0.2) is 34.9 Å². The molecule has 2 aromatic heterocycles. The Labute approximate surface area is 125 Å². The topological polar surface area (TPSA) is 82.8 Å². The van der Waals surface area contributed by atoms with E-state index in [2.05, 4.69) is 5.32 Å². The molecule has 0 radical (unpaired) electrons. The van der Waals surface area contributed by atoms with E-state index in [-0.39, 0.29) is 17.6 Å². The normalized spacial score (nSPS) is 18.0. The molecule has 2 amide bonds. The first-order valence-electron chi connectivity index (χ1n) is 6.55. The summed E-state index contributed by atoms with van der Waals surface area (Å²) in [7, 11) is 0. The second-order valence-corrected chi connectivity index (χ2v) is 5.87. The zero-order valence-electron chi connectivity index (χ0n) is 11.1. The molecule has 1 aliphatic heterocycles. The SMILES string of the molecule is O=C(Nc1ccc(C(=O)N2CC[C@@H](O)C2)s1)c1ccco1. The van der Waals surface area contributed by atoms with Gasteiger partial charge in [-0.25, -0.2) is 0 Å². The van der Waals surface area contributed by atoms with Gasteiger partial charge >= 0.3 is 0 Å². The summed E-state index contributed by atoms with van der Waals surface area (Å²) in [4.78, 5) is 26.2. The van der Waals surface area contributed by atoms with Crippen molar-refractivity contribution < 1.29 is 19.1 Å². The van der Waals surface area contributed by atoms with Crippen LogP contribution in [0.4, 0.5) is 5.00 Å². The van der Waals surface area contributed by atoms with E-state index in [1.165, 1.54) is 17.6 Å². The van der Waals surface area contributed by atoms with Crippen molar-refractivity contribution in [2.45, 2.75) is 12.5 Å². The van der Waals surface area contributed by atoms with Crippen LogP contribution in [-0.2, 0) is 0 Å². The Morgan fingerprint density at radius 1 is 1.38 bits per heavy atom. The first-order chi connectivity index (χ1) is 10.1. The maximum Gasteiger partial charge on any atom is 0.291 e. The van der Waals surface area contributed by atoms with Gasteiger partial charge in [-0.15, -0.1) is 11.3 Å². The molecule has 110 valence electrons. The van der Waals surface area contributed by atoms with Crippen LogP contribution in [0.5, 0.6) is 0 Å². The number of carbonyl (C=O) groups excluding carboxylic acids is 2. The van der Waals surface area contributed by atoms with Gasteiger partial charge in [0.2, 0.25) is 0 Å². The molecule has 1 aliphatic rings. The number of thiophene rings is 1. The van der Waals surface area contributed by atoms with Crippen molar-refractivity contribution in [1.29, 1.82) is 0 Å². The van der Waals surface area contributed by atoms with E-state index in [1.807, 2.05) is 0 Å². The number of β-amino-alcohol motifs (C(OH)–C–C–N with tert-alkyl or cyclic N) is 1. The van der Waals surface area contributed by atoms with Crippen LogP contribution in [0.1, 0.15) is 26.6 Å². The van der Waals surface area contributed by atoms with Crippen LogP contribution in [0.2, 0.25) is 0 Å². The second-order valence-electron chi connectivity index (χ2n) is 4.79. The van der Waals surface area contributed by atoms with E-state index < -0.39 is 6.10 Å². The monoisotopic (exact) mass is 306 g/mol. The number of nitrogens with zero attached hydrogens (tertiary/aromatic N) is 1. The molecular weight excluding hydrogens is 292 g/mol. The molecule has 1 fully saturated rings. The van der Waals surface area contributed by atoms with E-state index in [1.54, 1.807) is 29.2 Å². The summed E-state index contributed by atoms with van der Waals surface area (Å²) in [6, 6.07) is 6.57. The average molecular weight is 306 g/mol. The molecule has 0 aliphatic carbocycles. The summed E-state index contributed by atoms with van der Waals surface area (Å²) in [5, 5.41) is 12.7. The van der Waals surface area contributed by atoms with Crippen molar-refractivity contribution in [1.82, 2.24) is 4.90 Å². The van der Waals surface area contributed by atoms with Crippen molar-refractivity contribution in [2.75, 3.05) is 18.4 Å². The molecule has 0 unspecified atom stereocenters. The molecule has 0 aromatic carbocycles. The summed E-state index contributed by atoms with van der Waals surface area (Å²) in [6.45, 7) is 0.927. The molecule has 2 N–H and O–H groups in total. The lowest BCUT2D eigenvalue weighted by atomic mass is 10.3. The fourth-order valence-corrected chi connectivity index (χ4v) is 3.05. The minimum atomic E-state index is -0.438. The van der Waals surface area contributed by atoms with E-state index in [0.717, 1.165) is 0 Å². The standard InChI is InChI=1S/C14H14N2O4S/c17-9-5-6-16(8-9)14(19)11-3-4-12(21-11)15-13(18)10-2-1-7-20-10/h1-4,7,9,17H,5-6,8H2,(H,15,18)/t9-/m1/s1. The van der Waals surface area contributed by atoms with Gasteiger partial charge in [0.05, 0.1) is 22.2 Å². The van der Waals surface area contributed by atoms with E-state index in [4.69, 9.17) is 4.42 Å². The number of hydrogen-bond acceptors (Lipinski definition) is 5. The summed E-state index contributed by atoms with van der Waals surface area (Å²) in [6.07, 6.45) is 1.60. The second kappa shape index (κ2) is 5.71. The highest BCUT2D eigenvalue weighted by Gasteiger charge is 2.26. The summed E-state index contributed by atoms with van der Waals surface area (Å²) < 4.78 is 5.00. The van der Waals surface area contributed by atoms with E-state index in [9.17, 15) is 14.7 Å². The molecule has 2 aromatic rings. The minimum Gasteiger partial charge on any atom is -0.459 e. The molecular formula is C14H14N2O4S. The van der Waals surface area contributed by atoms with Gasteiger partial charge in [-0.3, -0.25) is 9.59 Å². The Hall–Kier alpha value is -2.12. The number of furan rings is 1. The van der Waals surface area contributed by atoms with Crippen LogP contribution >= 0.6 is 11.3 Å². The number of hydrogen-bond donors (Lipinski definition) is 2. The molecule has 3 rings (SSSR count). The number of carbonyl (C=O) groups is 2. The third kappa shape index (κ3) is 2.98. The fourth-order valence-electron chi connectivity index (χ4n) is 2.18. The molecule has 0 bridgehead atoms. The Balaban J connectivity index is 1.66. The number of anilines is 1. The Kier molecular flexibility index (Phi) is 3.76. The molecule has 0 spiro atoms. The molecule has 6 nitrogen and oxygen atoms in total. The van der Waals surface area contributed by atoms with Crippen LogP contribution in [0.25, 0.3) is 0 Å². The molecule has 1 atom stereocenters. The van der Waals surface area contributed by atoms with Gasteiger partial charge in [-0.2, -0.15) is 0 Å². The lowest BCUT2D eigenvalue weighted by molar-refractivity contribution is 0.0769. The molecule has 0 saturated carbocycles. The van der Waals surface area contributed by atoms with Gasteiger partial charge in [0.15, 0.2) is 5.76 Å². The molecule has 3 heterocycles. The lowest BCUT2D eigenvalue weighted by Crippen LogP contribution is -2.28. The highest BCUT2D eigenvalue weighted by atomic mass is 32.1. The van der Waals surface area contributed by atoms with Crippen LogP contribution in [-0.4, -0.2) is 41.0 Å². The third-order valence-electron chi connectivity index (χ3n) is 3.25. The number of likely N-dealkylation sites (tertiary alicyclic amines) is 1. The predicted octanol–water partition coefficient (Wildman–Crippen LogP) is 1.80. The number of nitrogens with one attached hydrogen (secondary N) is 1. The first kappa shape index (κ1) is 13.8. The van der Waals surface area contributed by atoms with Crippen LogP contribution < -0.4 is 5.32 Å². The third-order valence-corrected chi connectivity index (χ3v) is 4.24. The number of rotatable bonds is 3. The number of aliphatic hydroxyl groups excluding tert-OH is 1. The number of amides is 2. The van der Waals surface area contributed by atoms with E-state index >= 15 is 0 Å². The highest BCUT2D eigenvalue weighted by Crippen LogP contribution is 2.25. The molecule has 1 saturated heterocycles. The van der Waals surface area contributed by atoms with Crippen LogP contribution in [0, 0.1) is 0 Å². The number of aliphatic hydroxyl groups is 1. The maximum absolute atomic E-state index is 12.2. The maximum atomic E-state index is 12.2. The molecule has 7 heteroatoms. The average Bonchev–Trinajstić information content (AvgIpc) is 3.18. The summed E-state index contributed by atoms with van der Waals surface area (Å²) in [5.74, 6) is -0.244. The zero-order valence-corrected chi connectivity index (χ0v) is 11.9. The van der Waals surface area contributed by atoms with Crippen molar-refractivity contribution in [2.24, 2.45) is 0 Å². The lowest BCUT2D eigenvalue weighted by Gasteiger charge is -2.13. The zero-order chi connectivity index (χ0) is 14.8. The Bertz CT molecular complexity index is 650. The van der Waals surface area contributed by atoms with Crippen LogP contribution in [0.3, 0.4) is 0 Å². The fraction of sp³-hybridized carbons (Fsp3) is 0.286. The minimum absolute atomic E-state index is 0.116. The largest absolute Gasteiger partial charge is 0.459 e. The van der Waals surface area contributed by atoms with Crippen molar-refractivity contribution in [3.8, 4) is 0 Å². The van der Waals surface area contributed by atoms with Gasteiger partial charge in [0.25, 0.3) is 11.8 Å². The van der Waals surface area contributed by atoms with Crippen molar-refractivity contribution >= 4 is 28.2 Å². The smallest absolute Gasteiger partial charge is 0.291 e. The van der Waals surface area contributed by atoms with Crippen molar-refractivity contribution in [3.05, 3.63) is 41.2 Å². The molecule has 21 heavy (non-hydrogen) atoms. The van der Waals surface area contributed by atoms with Gasteiger partial charge in [0, 0.05) is 13.1 Å². The first-order valence-corrected chi connectivity index (χ1v) is 7.37. The summed E-state index contributed by atoms with van der Waals surface area (Å²) >= 11 is 1.21. The van der Waals surface area contributed by atoms with Gasteiger partial charge < -0.3 is 19.7 Å². The van der Waals surface area contributed by atoms with Gasteiger partial charge in [-0.1, -0.05) is 0 Å². The van der Waals surface area contributed by atoms with Gasteiger partial charge in [-0.05, 0) is 30.7 Å².